The van der Waals surface area contributed by atoms with Gasteiger partial charge in [0.15, 0.2) is 0 Å². The zero-order chi connectivity index (χ0) is 20.8. The topological polar surface area (TPSA) is 32.3 Å². The van der Waals surface area contributed by atoms with Crippen LogP contribution in [0, 0.1) is 5.92 Å². The Balaban J connectivity index is 1.46. The van der Waals surface area contributed by atoms with Crippen molar-refractivity contribution in [2.24, 2.45) is 5.92 Å². The van der Waals surface area contributed by atoms with E-state index in [0.29, 0.717) is 5.56 Å². The summed E-state index contributed by atoms with van der Waals surface area (Å²) in [7, 11) is 0. The van der Waals surface area contributed by atoms with Crippen LogP contribution in [0.2, 0.25) is 0 Å². The lowest BCUT2D eigenvalue weighted by Crippen LogP contribution is -2.33. The summed E-state index contributed by atoms with van der Waals surface area (Å²) in [6, 6.07) is 28.2. The van der Waals surface area contributed by atoms with Crippen LogP contribution in [0.4, 0.5) is 0 Å². The van der Waals surface area contributed by atoms with Crippen molar-refractivity contribution in [3.8, 4) is 0 Å². The van der Waals surface area contributed by atoms with E-state index in [1.165, 1.54) is 24.9 Å². The third kappa shape index (κ3) is 5.17. The summed E-state index contributed by atoms with van der Waals surface area (Å²) in [5, 5.41) is 3.22. The highest BCUT2D eigenvalue weighted by atomic mass is 16.1. The minimum absolute atomic E-state index is 0.0501. The first-order valence-electron chi connectivity index (χ1n) is 10.9. The zero-order valence-electron chi connectivity index (χ0n) is 17.6. The maximum atomic E-state index is 13.0. The third-order valence-electron chi connectivity index (χ3n) is 5.90. The molecule has 0 radical (unpaired) electrons. The largest absolute Gasteiger partial charge is 0.341 e. The number of nitrogens with one attached hydrogen (secondary N) is 1. The molecule has 0 bridgehead atoms. The maximum Gasteiger partial charge on any atom is 0.252 e. The Hall–Kier alpha value is -2.91. The van der Waals surface area contributed by atoms with Crippen LogP contribution in [-0.4, -0.2) is 23.9 Å². The van der Waals surface area contributed by atoms with Crippen LogP contribution in [0.5, 0.6) is 0 Å². The van der Waals surface area contributed by atoms with Crippen molar-refractivity contribution in [1.82, 2.24) is 10.2 Å². The average molecular weight is 399 g/mol. The number of likely N-dealkylation sites (tertiary alicyclic amines) is 1. The second-order valence-corrected chi connectivity index (χ2v) is 8.41. The van der Waals surface area contributed by atoms with E-state index >= 15 is 0 Å². The first kappa shape index (κ1) is 20.4. The van der Waals surface area contributed by atoms with E-state index in [9.17, 15) is 4.79 Å². The van der Waals surface area contributed by atoms with E-state index in [1.54, 1.807) is 0 Å². The Labute approximate surface area is 179 Å². The zero-order valence-corrected chi connectivity index (χ0v) is 17.6. The number of nitrogens with zero attached hydrogens (tertiary/aromatic N) is 1. The van der Waals surface area contributed by atoms with Crippen molar-refractivity contribution in [2.75, 3.05) is 13.1 Å². The summed E-state index contributed by atoms with van der Waals surface area (Å²) in [6.45, 7) is 5.62. The van der Waals surface area contributed by atoms with Crippen molar-refractivity contribution in [3.05, 3.63) is 107 Å². The van der Waals surface area contributed by atoms with Crippen LogP contribution >= 0.6 is 0 Å². The lowest BCUT2D eigenvalue weighted by Gasteiger charge is -2.30. The Bertz CT molecular complexity index is 898. The van der Waals surface area contributed by atoms with Crippen LogP contribution in [0.1, 0.15) is 52.9 Å². The standard InChI is InChI=1S/C27H30N2O/c1-21-9-8-18-29(19-21)20-22-14-16-25(17-15-22)27(30)28-26(23-10-4-2-5-11-23)24-12-6-3-7-13-24/h2-7,10-17,21,26H,8-9,18-20H2,1H3,(H,28,30)/t21-/m0/s1. The molecule has 4 rings (SSSR count). The third-order valence-corrected chi connectivity index (χ3v) is 5.90. The van der Waals surface area contributed by atoms with Crippen molar-refractivity contribution in [3.63, 3.8) is 0 Å². The van der Waals surface area contributed by atoms with Gasteiger partial charge < -0.3 is 5.32 Å². The number of hydrogen-bond donors (Lipinski definition) is 1. The molecule has 1 saturated heterocycles. The van der Waals surface area contributed by atoms with Gasteiger partial charge >= 0.3 is 0 Å². The van der Waals surface area contributed by atoms with Crippen LogP contribution in [0.15, 0.2) is 84.9 Å². The molecule has 1 heterocycles. The maximum absolute atomic E-state index is 13.0. The molecule has 30 heavy (non-hydrogen) atoms. The van der Waals surface area contributed by atoms with Gasteiger partial charge in [0.1, 0.15) is 0 Å². The molecule has 0 unspecified atom stereocenters. The molecule has 3 aromatic rings. The molecular weight excluding hydrogens is 368 g/mol. The Morgan fingerprint density at radius 3 is 2.10 bits per heavy atom. The van der Waals surface area contributed by atoms with E-state index < -0.39 is 0 Å². The summed E-state index contributed by atoms with van der Waals surface area (Å²) in [5.41, 5.74) is 4.12. The fourth-order valence-corrected chi connectivity index (χ4v) is 4.31. The predicted octanol–water partition coefficient (Wildman–Crippen LogP) is 5.44. The van der Waals surface area contributed by atoms with Crippen LogP contribution in [-0.2, 0) is 6.54 Å². The molecule has 3 nitrogen and oxygen atoms in total. The molecule has 154 valence electrons. The van der Waals surface area contributed by atoms with Gasteiger partial charge in [0.2, 0.25) is 0 Å². The van der Waals surface area contributed by atoms with Gasteiger partial charge in [-0.05, 0) is 54.1 Å². The summed E-state index contributed by atoms with van der Waals surface area (Å²) in [5.74, 6) is 0.725. The molecule has 1 fully saturated rings. The lowest BCUT2D eigenvalue weighted by atomic mass is 9.98. The minimum atomic E-state index is -0.172. The van der Waals surface area contributed by atoms with Gasteiger partial charge in [0.05, 0.1) is 6.04 Å². The van der Waals surface area contributed by atoms with Crippen LogP contribution in [0.25, 0.3) is 0 Å². The van der Waals surface area contributed by atoms with E-state index in [-0.39, 0.29) is 11.9 Å². The number of carbonyl (C=O) groups excluding carboxylic acids is 1. The summed E-state index contributed by atoms with van der Waals surface area (Å²) >= 11 is 0. The van der Waals surface area contributed by atoms with Gasteiger partial charge in [-0.25, -0.2) is 0 Å². The number of piperidine rings is 1. The lowest BCUT2D eigenvalue weighted by molar-refractivity contribution is 0.0943. The highest BCUT2D eigenvalue weighted by molar-refractivity contribution is 5.94. The minimum Gasteiger partial charge on any atom is -0.341 e. The molecule has 0 aliphatic carbocycles. The molecular formula is C27H30N2O. The molecule has 3 heteroatoms. The predicted molar refractivity (Wildman–Crippen MR) is 122 cm³/mol. The summed E-state index contributed by atoms with van der Waals surface area (Å²) < 4.78 is 0. The quantitative estimate of drug-likeness (QED) is 0.600. The fraction of sp³-hybridized carbons (Fsp3) is 0.296. The highest BCUT2D eigenvalue weighted by Gasteiger charge is 2.19. The number of carbonyl (C=O) groups is 1. The average Bonchev–Trinajstić information content (AvgIpc) is 2.79. The van der Waals surface area contributed by atoms with Crippen molar-refractivity contribution >= 4 is 5.91 Å². The molecule has 1 N–H and O–H groups in total. The molecule has 1 atom stereocenters. The van der Waals surface area contributed by atoms with E-state index in [2.05, 4.69) is 53.5 Å². The summed E-state index contributed by atoms with van der Waals surface area (Å²) in [4.78, 5) is 15.5. The second-order valence-electron chi connectivity index (χ2n) is 8.41. The molecule has 1 aliphatic heterocycles. The Kier molecular flexibility index (Phi) is 6.60. The van der Waals surface area contributed by atoms with Gasteiger partial charge in [-0.1, -0.05) is 79.7 Å². The Morgan fingerprint density at radius 1 is 0.933 bits per heavy atom. The molecule has 0 spiro atoms. The van der Waals surface area contributed by atoms with Gasteiger partial charge in [-0.15, -0.1) is 0 Å². The smallest absolute Gasteiger partial charge is 0.252 e. The van der Waals surface area contributed by atoms with Gasteiger partial charge in [0.25, 0.3) is 5.91 Å². The fourth-order valence-electron chi connectivity index (χ4n) is 4.31. The molecule has 1 aliphatic rings. The molecule has 3 aromatic carbocycles. The first-order chi connectivity index (χ1) is 14.7. The molecule has 0 aromatic heterocycles. The van der Waals surface area contributed by atoms with Gasteiger partial charge in [0, 0.05) is 18.7 Å². The van der Waals surface area contributed by atoms with Gasteiger partial charge in [-0.2, -0.15) is 0 Å². The molecule has 0 saturated carbocycles. The van der Waals surface area contributed by atoms with Crippen molar-refractivity contribution < 1.29 is 4.79 Å². The summed E-state index contributed by atoms with van der Waals surface area (Å²) in [6.07, 6.45) is 2.61. The first-order valence-corrected chi connectivity index (χ1v) is 10.9. The highest BCUT2D eigenvalue weighted by Crippen LogP contribution is 2.23. The van der Waals surface area contributed by atoms with Crippen LogP contribution < -0.4 is 5.32 Å². The monoisotopic (exact) mass is 398 g/mol. The number of benzene rings is 3. The van der Waals surface area contributed by atoms with E-state index in [0.717, 1.165) is 30.1 Å². The SMILES string of the molecule is C[C@H]1CCCN(Cc2ccc(C(=O)NC(c3ccccc3)c3ccccc3)cc2)C1. The number of amides is 1. The van der Waals surface area contributed by atoms with Crippen molar-refractivity contribution in [2.45, 2.75) is 32.4 Å². The van der Waals surface area contributed by atoms with Gasteiger partial charge in [-0.3, -0.25) is 9.69 Å². The number of rotatable bonds is 6. The number of hydrogen-bond acceptors (Lipinski definition) is 2. The normalized spacial score (nSPS) is 17.1. The van der Waals surface area contributed by atoms with Crippen molar-refractivity contribution in [1.29, 1.82) is 0 Å². The van der Waals surface area contributed by atoms with E-state index in [1.807, 2.05) is 48.5 Å². The Morgan fingerprint density at radius 2 is 1.53 bits per heavy atom. The van der Waals surface area contributed by atoms with Crippen LogP contribution in [0.3, 0.4) is 0 Å². The molecule has 1 amide bonds. The van der Waals surface area contributed by atoms with E-state index in [4.69, 9.17) is 0 Å². The second kappa shape index (κ2) is 9.73.